The van der Waals surface area contributed by atoms with Crippen molar-refractivity contribution in [3.63, 3.8) is 0 Å². The number of fused-ring (bicyclic) bond motifs is 2. The summed E-state index contributed by atoms with van der Waals surface area (Å²) in [6, 6.07) is 6.62. The average Bonchev–Trinajstić information content (AvgIpc) is 3.13. The van der Waals surface area contributed by atoms with Crippen molar-refractivity contribution in [1.29, 1.82) is 10.5 Å². The van der Waals surface area contributed by atoms with Crippen LogP contribution in [0.1, 0.15) is 79.8 Å². The maximum atomic E-state index is 12.7. The van der Waals surface area contributed by atoms with Gasteiger partial charge in [0, 0.05) is 22.7 Å². The number of amides is 1. The van der Waals surface area contributed by atoms with Gasteiger partial charge in [0.1, 0.15) is 22.2 Å². The minimum absolute atomic E-state index is 0.0971. The first-order valence-corrected chi connectivity index (χ1v) is 13.9. The van der Waals surface area contributed by atoms with Crippen molar-refractivity contribution in [2.24, 2.45) is 17.3 Å². The van der Waals surface area contributed by atoms with E-state index in [9.17, 15) is 15.3 Å². The Morgan fingerprint density at radius 3 is 2.74 bits per heavy atom. The summed E-state index contributed by atoms with van der Waals surface area (Å²) in [6.07, 6.45) is 6.33. The standard InChI is InChI=1S/C27H32N4OS2/c1-16-5-7-20-21(15-29)26(34-23(20)11-16)31-24(32)9-10-33-25-18(14-28)12-17-13-19(27(2,3)4)6-8-22(17)30-25/h12,16,19H,5-11,13H2,1-4H3,(H,31,32). The Morgan fingerprint density at radius 1 is 1.24 bits per heavy atom. The van der Waals surface area contributed by atoms with Crippen molar-refractivity contribution in [1.82, 2.24) is 4.98 Å². The van der Waals surface area contributed by atoms with Gasteiger partial charge in [0.15, 0.2) is 0 Å². The van der Waals surface area contributed by atoms with Crippen molar-refractivity contribution < 1.29 is 4.79 Å². The quantitative estimate of drug-likeness (QED) is 0.496. The second kappa shape index (κ2) is 10.1. The molecule has 0 radical (unpaired) electrons. The summed E-state index contributed by atoms with van der Waals surface area (Å²) in [5, 5.41) is 23.7. The number of pyridine rings is 1. The molecule has 7 heteroatoms. The van der Waals surface area contributed by atoms with Gasteiger partial charge in [0.05, 0.1) is 11.1 Å². The predicted molar refractivity (Wildman–Crippen MR) is 138 cm³/mol. The Bertz CT molecular complexity index is 1180. The van der Waals surface area contributed by atoms with Crippen LogP contribution in [0, 0.1) is 39.9 Å². The van der Waals surface area contributed by atoms with Crippen molar-refractivity contribution in [2.45, 2.75) is 77.7 Å². The maximum Gasteiger partial charge on any atom is 0.225 e. The number of thiophene rings is 1. The van der Waals surface area contributed by atoms with Crippen molar-refractivity contribution >= 4 is 34.0 Å². The zero-order valence-corrected chi connectivity index (χ0v) is 22.1. The molecule has 2 aromatic heterocycles. The van der Waals surface area contributed by atoms with Gasteiger partial charge in [0.25, 0.3) is 0 Å². The fourth-order valence-corrected chi connectivity index (χ4v) is 7.25. The van der Waals surface area contributed by atoms with Crippen LogP contribution in [0.5, 0.6) is 0 Å². The van der Waals surface area contributed by atoms with Crippen LogP contribution in [-0.4, -0.2) is 16.6 Å². The lowest BCUT2D eigenvalue weighted by atomic mass is 9.71. The van der Waals surface area contributed by atoms with Gasteiger partial charge in [0.2, 0.25) is 5.91 Å². The molecule has 2 unspecified atom stereocenters. The number of hydrogen-bond donors (Lipinski definition) is 1. The summed E-state index contributed by atoms with van der Waals surface area (Å²) in [7, 11) is 0. The molecule has 2 atom stereocenters. The van der Waals surface area contributed by atoms with E-state index in [1.807, 2.05) is 6.07 Å². The molecule has 2 aliphatic carbocycles. The smallest absolute Gasteiger partial charge is 0.225 e. The van der Waals surface area contributed by atoms with Gasteiger partial charge in [-0.2, -0.15) is 10.5 Å². The fourth-order valence-electron chi connectivity index (χ4n) is 4.96. The van der Waals surface area contributed by atoms with Gasteiger partial charge in [-0.25, -0.2) is 4.98 Å². The lowest BCUT2D eigenvalue weighted by Crippen LogP contribution is -2.27. The van der Waals surface area contributed by atoms with E-state index in [0.29, 0.717) is 40.1 Å². The predicted octanol–water partition coefficient (Wildman–Crippen LogP) is 6.28. The lowest BCUT2D eigenvalue weighted by molar-refractivity contribution is -0.115. The van der Waals surface area contributed by atoms with E-state index in [1.165, 1.54) is 22.2 Å². The molecule has 5 nitrogen and oxygen atoms in total. The van der Waals surface area contributed by atoms with Gasteiger partial charge in [-0.15, -0.1) is 23.1 Å². The van der Waals surface area contributed by atoms with Crippen LogP contribution in [0.4, 0.5) is 5.00 Å². The zero-order chi connectivity index (χ0) is 24.5. The van der Waals surface area contributed by atoms with Crippen LogP contribution >= 0.6 is 23.1 Å². The first-order valence-electron chi connectivity index (χ1n) is 12.1. The fraction of sp³-hybridized carbons (Fsp3) is 0.556. The number of carbonyl (C=O) groups is 1. The first kappa shape index (κ1) is 24.8. The molecule has 1 amide bonds. The second-order valence-corrected chi connectivity index (χ2v) is 12.9. The molecule has 0 saturated heterocycles. The molecular weight excluding hydrogens is 460 g/mol. The molecule has 4 rings (SSSR count). The summed E-state index contributed by atoms with van der Waals surface area (Å²) < 4.78 is 0. The van der Waals surface area contributed by atoms with Crippen molar-refractivity contribution in [2.75, 3.05) is 11.1 Å². The third-order valence-corrected chi connectivity index (χ3v) is 9.30. The highest BCUT2D eigenvalue weighted by Crippen LogP contribution is 2.40. The van der Waals surface area contributed by atoms with E-state index in [1.54, 1.807) is 11.3 Å². The third-order valence-electron chi connectivity index (χ3n) is 7.14. The Balaban J connectivity index is 1.38. The number of anilines is 1. The number of nitrogens with zero attached hydrogens (tertiary/aromatic N) is 3. The first-order chi connectivity index (χ1) is 16.2. The van der Waals surface area contributed by atoms with Gasteiger partial charge >= 0.3 is 0 Å². The molecule has 2 heterocycles. The number of aryl methyl sites for hydroxylation is 1. The van der Waals surface area contributed by atoms with Gasteiger partial charge in [-0.3, -0.25) is 4.79 Å². The number of nitrogens with one attached hydrogen (secondary N) is 1. The average molecular weight is 493 g/mol. The molecule has 2 aliphatic rings. The Labute approximate surface area is 211 Å². The van der Waals surface area contributed by atoms with Crippen LogP contribution in [0.2, 0.25) is 0 Å². The summed E-state index contributed by atoms with van der Waals surface area (Å²) in [5.41, 5.74) is 4.92. The van der Waals surface area contributed by atoms with Crippen molar-refractivity contribution in [3.8, 4) is 12.1 Å². The zero-order valence-electron chi connectivity index (χ0n) is 20.5. The minimum Gasteiger partial charge on any atom is -0.317 e. The molecule has 0 fully saturated rings. The molecule has 0 bridgehead atoms. The number of nitriles is 2. The summed E-state index contributed by atoms with van der Waals surface area (Å²) in [6.45, 7) is 9.07. The summed E-state index contributed by atoms with van der Waals surface area (Å²) >= 11 is 3.03. The Kier molecular flexibility index (Phi) is 7.36. The van der Waals surface area contributed by atoms with Crippen LogP contribution in [0.3, 0.4) is 0 Å². The van der Waals surface area contributed by atoms with Gasteiger partial charge in [-0.1, -0.05) is 27.7 Å². The summed E-state index contributed by atoms with van der Waals surface area (Å²) in [5.74, 6) is 1.66. The Hall–Kier alpha value is -2.35. The van der Waals surface area contributed by atoms with E-state index in [0.717, 1.165) is 54.8 Å². The van der Waals surface area contributed by atoms with E-state index in [2.05, 4.69) is 45.2 Å². The highest BCUT2D eigenvalue weighted by atomic mass is 32.2. The van der Waals surface area contributed by atoms with Crippen LogP contribution < -0.4 is 5.32 Å². The number of hydrogen-bond acceptors (Lipinski definition) is 6. The van der Waals surface area contributed by atoms with Crippen LogP contribution in [0.15, 0.2) is 11.1 Å². The lowest BCUT2D eigenvalue weighted by Gasteiger charge is -2.34. The highest BCUT2D eigenvalue weighted by molar-refractivity contribution is 7.99. The minimum atomic E-state index is -0.0971. The monoisotopic (exact) mass is 492 g/mol. The number of carbonyl (C=O) groups excluding carboxylic acids is 1. The molecule has 0 spiro atoms. The maximum absolute atomic E-state index is 12.7. The van der Waals surface area contributed by atoms with E-state index < -0.39 is 0 Å². The molecule has 178 valence electrons. The molecule has 2 aromatic rings. The molecule has 0 aliphatic heterocycles. The van der Waals surface area contributed by atoms with Gasteiger partial charge < -0.3 is 5.32 Å². The van der Waals surface area contributed by atoms with E-state index >= 15 is 0 Å². The number of aromatic nitrogens is 1. The molecular formula is C27H32N4OS2. The number of thioether (sulfide) groups is 1. The molecule has 34 heavy (non-hydrogen) atoms. The summed E-state index contributed by atoms with van der Waals surface area (Å²) in [4.78, 5) is 18.7. The third kappa shape index (κ3) is 5.32. The van der Waals surface area contributed by atoms with Gasteiger partial charge in [-0.05, 0) is 73.0 Å². The largest absolute Gasteiger partial charge is 0.317 e. The molecule has 1 N–H and O–H groups in total. The second-order valence-electron chi connectivity index (χ2n) is 10.7. The van der Waals surface area contributed by atoms with Crippen molar-refractivity contribution in [3.05, 3.63) is 38.9 Å². The Morgan fingerprint density at radius 2 is 2.03 bits per heavy atom. The van der Waals surface area contributed by atoms with E-state index in [4.69, 9.17) is 4.98 Å². The van der Waals surface area contributed by atoms with Crippen LogP contribution in [0.25, 0.3) is 0 Å². The van der Waals surface area contributed by atoms with E-state index in [-0.39, 0.29) is 11.3 Å². The van der Waals surface area contributed by atoms with Crippen LogP contribution in [-0.2, 0) is 30.5 Å². The molecule has 0 saturated carbocycles. The molecule has 0 aromatic carbocycles. The number of rotatable bonds is 5. The topological polar surface area (TPSA) is 89.6 Å². The highest BCUT2D eigenvalue weighted by Gasteiger charge is 2.30. The normalized spacial score (nSPS) is 19.5. The SMILES string of the molecule is CC1CCc2c(sc(NC(=O)CCSc3nc4c(cc3C#N)CC(C(C)(C)C)CC4)c2C#N)C1.